The van der Waals surface area contributed by atoms with E-state index in [0.29, 0.717) is 0 Å². The van der Waals surface area contributed by atoms with E-state index in [1.165, 1.54) is 12.8 Å². The molecule has 96 valence electrons. The van der Waals surface area contributed by atoms with Crippen molar-refractivity contribution in [1.29, 1.82) is 0 Å². The molecule has 1 saturated heterocycles. The van der Waals surface area contributed by atoms with Gasteiger partial charge in [-0.25, -0.2) is 4.68 Å². The lowest BCUT2D eigenvalue weighted by atomic mass is 10.0. The van der Waals surface area contributed by atoms with Crippen LogP contribution in [0.2, 0.25) is 0 Å². The predicted octanol–water partition coefficient (Wildman–Crippen LogP) is 0.430. The number of aliphatic hydroxyl groups excluding tert-OH is 1. The Bertz CT molecular complexity index is 340. The first-order valence-electron chi connectivity index (χ1n) is 6.45. The number of aromatic nitrogens is 4. The number of hydrogen-bond acceptors (Lipinski definition) is 5. The maximum absolute atomic E-state index is 9.36. The first-order valence-corrected chi connectivity index (χ1v) is 6.45. The van der Waals surface area contributed by atoms with Gasteiger partial charge in [0.15, 0.2) is 5.82 Å². The molecule has 0 aromatic carbocycles. The second-order valence-electron chi connectivity index (χ2n) is 4.62. The Morgan fingerprint density at radius 3 is 3.06 bits per heavy atom. The Labute approximate surface area is 102 Å². The zero-order chi connectivity index (χ0) is 12.1. The topological polar surface area (TPSA) is 67.1 Å². The zero-order valence-electron chi connectivity index (χ0n) is 10.4. The predicted molar refractivity (Wildman–Crippen MR) is 63.2 cm³/mol. The molecule has 0 unspecified atom stereocenters. The van der Waals surface area contributed by atoms with E-state index in [1.807, 2.05) is 4.68 Å². The lowest BCUT2D eigenvalue weighted by Crippen LogP contribution is -2.41. The number of hydrogen-bond donors (Lipinski definition) is 1. The van der Waals surface area contributed by atoms with Crippen molar-refractivity contribution in [3.63, 3.8) is 0 Å². The molecule has 0 bridgehead atoms. The Hall–Kier alpha value is -1.01. The van der Waals surface area contributed by atoms with Gasteiger partial charge in [0, 0.05) is 12.6 Å². The number of rotatable bonds is 5. The maximum atomic E-state index is 9.36. The van der Waals surface area contributed by atoms with E-state index < -0.39 is 0 Å². The van der Waals surface area contributed by atoms with E-state index in [2.05, 4.69) is 27.3 Å². The first kappa shape index (κ1) is 12.4. The van der Waals surface area contributed by atoms with Crippen molar-refractivity contribution < 1.29 is 5.11 Å². The Morgan fingerprint density at radius 1 is 1.41 bits per heavy atom. The van der Waals surface area contributed by atoms with Gasteiger partial charge in [-0.1, -0.05) is 13.3 Å². The Balaban J connectivity index is 2.00. The summed E-state index contributed by atoms with van der Waals surface area (Å²) in [7, 11) is 0. The molecule has 1 fully saturated rings. The smallest absolute Gasteiger partial charge is 0.165 e. The largest absolute Gasteiger partial charge is 0.395 e. The first-order chi connectivity index (χ1) is 8.35. The second-order valence-corrected chi connectivity index (χ2v) is 4.62. The summed E-state index contributed by atoms with van der Waals surface area (Å²) in [6, 6.07) is 0.274. The molecular formula is C11H21N5O. The van der Waals surface area contributed by atoms with Crippen molar-refractivity contribution in [2.24, 2.45) is 0 Å². The normalized spacial score (nSPS) is 21.9. The quantitative estimate of drug-likeness (QED) is 0.807. The van der Waals surface area contributed by atoms with Gasteiger partial charge in [0.2, 0.25) is 0 Å². The van der Waals surface area contributed by atoms with Gasteiger partial charge in [0.1, 0.15) is 0 Å². The second kappa shape index (κ2) is 6.07. The van der Waals surface area contributed by atoms with Gasteiger partial charge in [0.25, 0.3) is 0 Å². The molecule has 6 nitrogen and oxygen atoms in total. The number of aliphatic hydroxyl groups is 1. The van der Waals surface area contributed by atoms with Gasteiger partial charge in [-0.3, -0.25) is 4.90 Å². The standard InChI is InChI=1S/C11H21N5O/c1-2-6-16-11(12-13-14-16)8-15-7-4-3-5-10(15)9-17/h10,17H,2-9H2,1H3/t10-/m1/s1. The number of aryl methyl sites for hydroxylation is 1. The number of nitrogens with zero attached hydrogens (tertiary/aromatic N) is 5. The summed E-state index contributed by atoms with van der Waals surface area (Å²) in [5, 5.41) is 21.2. The third-order valence-electron chi connectivity index (χ3n) is 3.35. The van der Waals surface area contributed by atoms with Crippen molar-refractivity contribution in [1.82, 2.24) is 25.1 Å². The maximum Gasteiger partial charge on any atom is 0.165 e. The number of piperidine rings is 1. The van der Waals surface area contributed by atoms with Gasteiger partial charge < -0.3 is 5.11 Å². The summed E-state index contributed by atoms with van der Waals surface area (Å²) < 4.78 is 1.86. The van der Waals surface area contributed by atoms with Crippen molar-refractivity contribution in [2.75, 3.05) is 13.2 Å². The molecule has 0 aliphatic carbocycles. The fraction of sp³-hybridized carbons (Fsp3) is 0.909. The van der Waals surface area contributed by atoms with E-state index in [0.717, 1.165) is 38.3 Å². The minimum Gasteiger partial charge on any atom is -0.395 e. The van der Waals surface area contributed by atoms with E-state index in [-0.39, 0.29) is 12.6 Å². The molecule has 2 heterocycles. The molecule has 1 aromatic rings. The lowest BCUT2D eigenvalue weighted by Gasteiger charge is -2.33. The molecule has 2 rings (SSSR count). The highest BCUT2D eigenvalue weighted by Gasteiger charge is 2.23. The fourth-order valence-corrected chi connectivity index (χ4v) is 2.38. The summed E-state index contributed by atoms with van der Waals surface area (Å²) in [4.78, 5) is 2.29. The highest BCUT2D eigenvalue weighted by Crippen LogP contribution is 2.18. The van der Waals surface area contributed by atoms with Crippen LogP contribution in [0.1, 0.15) is 38.4 Å². The molecule has 6 heteroatoms. The van der Waals surface area contributed by atoms with Crippen LogP contribution in [0.4, 0.5) is 0 Å². The van der Waals surface area contributed by atoms with E-state index >= 15 is 0 Å². The summed E-state index contributed by atoms with van der Waals surface area (Å²) >= 11 is 0. The molecular weight excluding hydrogens is 218 g/mol. The fourth-order valence-electron chi connectivity index (χ4n) is 2.38. The van der Waals surface area contributed by atoms with Crippen LogP contribution in [0, 0.1) is 0 Å². The summed E-state index contributed by atoms with van der Waals surface area (Å²) in [5.74, 6) is 0.909. The summed E-state index contributed by atoms with van der Waals surface area (Å²) in [5.41, 5.74) is 0. The van der Waals surface area contributed by atoms with E-state index in [9.17, 15) is 5.11 Å². The van der Waals surface area contributed by atoms with Gasteiger partial charge in [-0.2, -0.15) is 0 Å². The molecule has 1 atom stereocenters. The molecule has 0 spiro atoms. The van der Waals surface area contributed by atoms with Crippen molar-refractivity contribution >= 4 is 0 Å². The Kier molecular flexibility index (Phi) is 4.44. The molecule has 0 saturated carbocycles. The SMILES string of the molecule is CCCn1nnnc1CN1CCCC[C@@H]1CO. The third-order valence-corrected chi connectivity index (χ3v) is 3.35. The van der Waals surface area contributed by atoms with Crippen LogP contribution < -0.4 is 0 Å². The van der Waals surface area contributed by atoms with E-state index in [4.69, 9.17) is 0 Å². The Morgan fingerprint density at radius 2 is 2.29 bits per heavy atom. The van der Waals surface area contributed by atoms with Crippen LogP contribution in [-0.4, -0.2) is 49.4 Å². The van der Waals surface area contributed by atoms with Crippen LogP contribution in [0.15, 0.2) is 0 Å². The average Bonchev–Trinajstić information content (AvgIpc) is 2.78. The van der Waals surface area contributed by atoms with Crippen molar-refractivity contribution in [2.45, 2.75) is 51.7 Å². The number of tetrazole rings is 1. The molecule has 17 heavy (non-hydrogen) atoms. The molecule has 1 aliphatic rings. The molecule has 1 aliphatic heterocycles. The third kappa shape index (κ3) is 3.01. The van der Waals surface area contributed by atoms with Gasteiger partial charge >= 0.3 is 0 Å². The van der Waals surface area contributed by atoms with Crippen molar-refractivity contribution in [3.05, 3.63) is 5.82 Å². The van der Waals surface area contributed by atoms with Gasteiger partial charge in [-0.05, 0) is 36.2 Å². The van der Waals surface area contributed by atoms with Gasteiger partial charge in [0.05, 0.1) is 13.2 Å². The number of likely N-dealkylation sites (tertiary alicyclic amines) is 1. The zero-order valence-corrected chi connectivity index (χ0v) is 10.4. The lowest BCUT2D eigenvalue weighted by molar-refractivity contribution is 0.0806. The van der Waals surface area contributed by atoms with Crippen LogP contribution >= 0.6 is 0 Å². The highest BCUT2D eigenvalue weighted by atomic mass is 16.3. The molecule has 0 amide bonds. The average molecular weight is 239 g/mol. The highest BCUT2D eigenvalue weighted by molar-refractivity contribution is 4.85. The van der Waals surface area contributed by atoms with Crippen molar-refractivity contribution in [3.8, 4) is 0 Å². The summed E-state index contributed by atoms with van der Waals surface area (Å²) in [6.07, 6.45) is 4.51. The van der Waals surface area contributed by atoms with E-state index in [1.54, 1.807) is 0 Å². The minimum atomic E-state index is 0.231. The molecule has 0 radical (unpaired) electrons. The van der Waals surface area contributed by atoms with Crippen LogP contribution in [-0.2, 0) is 13.1 Å². The van der Waals surface area contributed by atoms with Gasteiger partial charge in [-0.15, -0.1) is 5.10 Å². The molecule has 1 aromatic heterocycles. The molecule has 1 N–H and O–H groups in total. The summed E-state index contributed by atoms with van der Waals surface area (Å²) in [6.45, 7) is 4.99. The van der Waals surface area contributed by atoms with Crippen LogP contribution in [0.3, 0.4) is 0 Å². The van der Waals surface area contributed by atoms with Crippen LogP contribution in [0.5, 0.6) is 0 Å². The monoisotopic (exact) mass is 239 g/mol. The van der Waals surface area contributed by atoms with Crippen LogP contribution in [0.25, 0.3) is 0 Å². The minimum absolute atomic E-state index is 0.231.